The maximum Gasteiger partial charge on any atom is 0.342 e. The summed E-state index contributed by atoms with van der Waals surface area (Å²) in [5, 5.41) is 9.16. The van der Waals surface area contributed by atoms with Gasteiger partial charge >= 0.3 is 13.6 Å². The smallest absolute Gasteiger partial charge is 0.342 e. The van der Waals surface area contributed by atoms with Gasteiger partial charge in [0.2, 0.25) is 0 Å². The number of carbonyl (C=O) groups is 1. The molecule has 0 aliphatic carbocycles. The van der Waals surface area contributed by atoms with Crippen LogP contribution in [-0.4, -0.2) is 28.2 Å². The number of hydrogen-bond donors (Lipinski definition) is 2. The highest BCUT2D eigenvalue weighted by atomic mass is 31.2. The first-order chi connectivity index (χ1) is 11.6. The highest BCUT2D eigenvalue weighted by Gasteiger charge is 2.37. The topological polar surface area (TPSA) is 83.8 Å². The summed E-state index contributed by atoms with van der Waals surface area (Å²) in [6.07, 6.45) is 9.91. The predicted octanol–water partition coefficient (Wildman–Crippen LogP) is 5.47. The Morgan fingerprint density at radius 3 is 2.04 bits per heavy atom. The van der Waals surface area contributed by atoms with Gasteiger partial charge in [-0.05, 0) is 66.7 Å². The normalized spacial score (nSPS) is 16.2. The lowest BCUT2D eigenvalue weighted by atomic mass is 10.1. The fourth-order valence-corrected chi connectivity index (χ4v) is 3.50. The van der Waals surface area contributed by atoms with Gasteiger partial charge in [-0.3, -0.25) is 9.36 Å². The average Bonchev–Trinajstić information content (AvgIpc) is 2.46. The van der Waals surface area contributed by atoms with E-state index < -0.39 is 19.2 Å². The molecule has 0 bridgehead atoms. The van der Waals surface area contributed by atoms with Crippen LogP contribution >= 0.6 is 7.60 Å². The Bertz CT molecular complexity index is 556. The van der Waals surface area contributed by atoms with E-state index in [4.69, 9.17) is 9.63 Å². The van der Waals surface area contributed by atoms with Gasteiger partial charge in [-0.1, -0.05) is 34.9 Å². The molecule has 6 heteroatoms. The Morgan fingerprint density at radius 1 is 1.04 bits per heavy atom. The number of carboxylic acids is 1. The summed E-state index contributed by atoms with van der Waals surface area (Å²) in [7, 11) is -4.14. The molecule has 0 saturated heterocycles. The van der Waals surface area contributed by atoms with Gasteiger partial charge in [0.25, 0.3) is 0 Å². The van der Waals surface area contributed by atoms with Crippen molar-refractivity contribution in [3.05, 3.63) is 34.9 Å². The molecule has 25 heavy (non-hydrogen) atoms. The summed E-state index contributed by atoms with van der Waals surface area (Å²) in [5.74, 6) is -1.31. The molecule has 0 heterocycles. The minimum atomic E-state index is -4.14. The second-order valence-electron chi connectivity index (χ2n) is 6.53. The van der Waals surface area contributed by atoms with Crippen molar-refractivity contribution < 1.29 is 23.9 Å². The van der Waals surface area contributed by atoms with Gasteiger partial charge in [0.05, 0.1) is 6.61 Å². The van der Waals surface area contributed by atoms with Crippen molar-refractivity contribution in [1.82, 2.24) is 0 Å². The van der Waals surface area contributed by atoms with Gasteiger partial charge in [0.1, 0.15) is 0 Å². The summed E-state index contributed by atoms with van der Waals surface area (Å²) >= 11 is 0. The van der Waals surface area contributed by atoms with E-state index in [1.807, 2.05) is 6.92 Å². The molecule has 0 aliphatic rings. The van der Waals surface area contributed by atoms with Crippen molar-refractivity contribution in [2.24, 2.45) is 0 Å². The molecule has 0 aliphatic heterocycles. The lowest BCUT2D eigenvalue weighted by Gasteiger charge is -2.17. The van der Waals surface area contributed by atoms with Crippen molar-refractivity contribution in [3.63, 3.8) is 0 Å². The zero-order chi connectivity index (χ0) is 19.5. The van der Waals surface area contributed by atoms with E-state index in [1.165, 1.54) is 11.1 Å². The molecule has 2 unspecified atom stereocenters. The third kappa shape index (κ3) is 11.1. The summed E-state index contributed by atoms with van der Waals surface area (Å²) in [6, 6.07) is 0. The Balaban J connectivity index is 4.54. The van der Waals surface area contributed by atoms with Crippen molar-refractivity contribution in [1.29, 1.82) is 0 Å². The maximum absolute atomic E-state index is 11.9. The van der Waals surface area contributed by atoms with Gasteiger partial charge in [-0.15, -0.1) is 0 Å². The van der Waals surface area contributed by atoms with E-state index in [0.717, 1.165) is 31.3 Å². The van der Waals surface area contributed by atoms with Gasteiger partial charge in [-0.25, -0.2) is 0 Å². The average molecular weight is 372 g/mol. The molecule has 144 valence electrons. The molecule has 0 radical (unpaired) electrons. The highest BCUT2D eigenvalue weighted by Crippen LogP contribution is 2.49. The minimum absolute atomic E-state index is 0.00177. The Labute approximate surface area is 152 Å². The molecule has 0 aromatic carbocycles. The molecule has 2 N–H and O–H groups in total. The first-order valence-corrected chi connectivity index (χ1v) is 10.4. The van der Waals surface area contributed by atoms with Crippen molar-refractivity contribution >= 4 is 13.6 Å². The molecule has 0 amide bonds. The molecule has 0 rings (SSSR count). The van der Waals surface area contributed by atoms with Gasteiger partial charge in [0.15, 0.2) is 5.66 Å². The second kappa shape index (κ2) is 12.2. The summed E-state index contributed by atoms with van der Waals surface area (Å²) in [4.78, 5) is 21.0. The predicted molar refractivity (Wildman–Crippen MR) is 103 cm³/mol. The summed E-state index contributed by atoms with van der Waals surface area (Å²) in [5.41, 5.74) is 2.26. The Morgan fingerprint density at radius 2 is 1.56 bits per heavy atom. The monoisotopic (exact) mass is 372 g/mol. The van der Waals surface area contributed by atoms with Crippen molar-refractivity contribution in [3.8, 4) is 0 Å². The Kier molecular flexibility index (Phi) is 11.7. The quantitative estimate of drug-likeness (QED) is 0.350. The van der Waals surface area contributed by atoms with E-state index in [0.29, 0.717) is 0 Å². The fourth-order valence-electron chi connectivity index (χ4n) is 2.30. The molecule has 0 spiro atoms. The maximum atomic E-state index is 11.9. The van der Waals surface area contributed by atoms with Gasteiger partial charge < -0.3 is 14.5 Å². The molecule has 2 atom stereocenters. The van der Waals surface area contributed by atoms with Crippen molar-refractivity contribution in [2.75, 3.05) is 6.61 Å². The molecule has 0 aromatic heterocycles. The van der Waals surface area contributed by atoms with E-state index >= 15 is 0 Å². The molecule has 0 saturated carbocycles. The van der Waals surface area contributed by atoms with Crippen LogP contribution in [0.2, 0.25) is 0 Å². The summed E-state index contributed by atoms with van der Waals surface area (Å²) in [6.45, 7) is 9.78. The standard InChI is InChI=1S/C19H33O5P/c1-6-24-25(22,23)18(19(20)21)14-13-17(5)12-8-11-16(4)10-7-9-15(2)3/h9,11,13,18H,6-8,10,12,14H2,1-5H3,(H,20,21)(H,22,23). The lowest BCUT2D eigenvalue weighted by molar-refractivity contribution is -0.136. The molecule has 5 nitrogen and oxygen atoms in total. The first kappa shape index (κ1) is 23.8. The largest absolute Gasteiger partial charge is 0.481 e. The lowest BCUT2D eigenvalue weighted by Crippen LogP contribution is -2.21. The van der Waals surface area contributed by atoms with Crippen LogP contribution in [0, 0.1) is 0 Å². The van der Waals surface area contributed by atoms with Crippen LogP contribution in [0.3, 0.4) is 0 Å². The zero-order valence-corrected chi connectivity index (χ0v) is 17.0. The van der Waals surface area contributed by atoms with Gasteiger partial charge in [-0.2, -0.15) is 0 Å². The molecular formula is C19H33O5P. The van der Waals surface area contributed by atoms with E-state index in [9.17, 15) is 14.3 Å². The fraction of sp³-hybridized carbons (Fsp3) is 0.632. The minimum Gasteiger partial charge on any atom is -0.481 e. The highest BCUT2D eigenvalue weighted by molar-refractivity contribution is 7.54. The molecule has 0 fully saturated rings. The van der Waals surface area contributed by atoms with E-state index in [2.05, 4.69) is 32.9 Å². The van der Waals surface area contributed by atoms with E-state index in [1.54, 1.807) is 13.0 Å². The van der Waals surface area contributed by atoms with E-state index in [-0.39, 0.29) is 13.0 Å². The third-order valence-corrected chi connectivity index (χ3v) is 5.65. The zero-order valence-electron chi connectivity index (χ0n) is 16.1. The van der Waals surface area contributed by atoms with Gasteiger partial charge in [0, 0.05) is 0 Å². The number of hydrogen-bond acceptors (Lipinski definition) is 3. The van der Waals surface area contributed by atoms with Crippen LogP contribution in [0.4, 0.5) is 0 Å². The van der Waals surface area contributed by atoms with Crippen molar-refractivity contribution in [2.45, 2.75) is 72.4 Å². The number of carboxylic acid groups (broad SMARTS) is 1. The number of allylic oxidation sites excluding steroid dienone is 6. The molecular weight excluding hydrogens is 339 g/mol. The number of rotatable bonds is 12. The van der Waals surface area contributed by atoms with Crippen LogP contribution < -0.4 is 0 Å². The SMILES string of the molecule is CCOP(=O)(O)C(CC=C(C)CCC=C(C)CCC=C(C)C)C(=O)O. The third-order valence-electron chi connectivity index (χ3n) is 3.81. The first-order valence-electron chi connectivity index (χ1n) is 8.74. The Hall–Kier alpha value is -1.16. The van der Waals surface area contributed by atoms with Crippen LogP contribution in [-0.2, 0) is 13.9 Å². The van der Waals surface area contributed by atoms with Crippen LogP contribution in [0.25, 0.3) is 0 Å². The molecule has 0 aromatic rings. The van der Waals surface area contributed by atoms with Crippen LogP contribution in [0.15, 0.2) is 34.9 Å². The van der Waals surface area contributed by atoms with Crippen LogP contribution in [0.5, 0.6) is 0 Å². The summed E-state index contributed by atoms with van der Waals surface area (Å²) < 4.78 is 16.7. The second-order valence-corrected chi connectivity index (χ2v) is 8.54. The number of aliphatic carboxylic acids is 1. The van der Waals surface area contributed by atoms with Crippen LogP contribution in [0.1, 0.15) is 66.7 Å².